The van der Waals surface area contributed by atoms with Crippen LogP contribution < -0.4 is 10.2 Å². The Morgan fingerprint density at radius 3 is 2.51 bits per heavy atom. The number of piperidine rings is 1. The van der Waals surface area contributed by atoms with Crippen LogP contribution in [0.3, 0.4) is 0 Å². The van der Waals surface area contributed by atoms with Gasteiger partial charge in [0.25, 0.3) is 5.91 Å². The smallest absolute Gasteiger partial charge is 0.296 e. The molecule has 9 nitrogen and oxygen atoms in total. The van der Waals surface area contributed by atoms with Crippen molar-refractivity contribution in [1.82, 2.24) is 29.7 Å². The Morgan fingerprint density at radius 1 is 1.11 bits per heavy atom. The van der Waals surface area contributed by atoms with Crippen LogP contribution in [0.1, 0.15) is 38.2 Å². The summed E-state index contributed by atoms with van der Waals surface area (Å²) in [6.45, 7) is 2.08. The topological polar surface area (TPSA) is 104 Å². The molecule has 184 valence electrons. The Hall–Kier alpha value is -4.63. The number of pyridine rings is 2. The molecule has 37 heavy (non-hydrogen) atoms. The second kappa shape index (κ2) is 8.49. The maximum Gasteiger partial charge on any atom is 0.296 e. The summed E-state index contributed by atoms with van der Waals surface area (Å²) < 4.78 is 3.51. The minimum absolute atomic E-state index is 0.292. The fourth-order valence-corrected chi connectivity index (χ4v) is 6.12. The van der Waals surface area contributed by atoms with Crippen molar-refractivity contribution in [2.45, 2.75) is 50.2 Å². The van der Waals surface area contributed by atoms with E-state index in [1.165, 1.54) is 0 Å². The lowest BCUT2D eigenvalue weighted by Gasteiger charge is -2.45. The zero-order chi connectivity index (χ0) is 25.7. The molecule has 9 heteroatoms. The van der Waals surface area contributed by atoms with Crippen LogP contribution in [0.15, 0.2) is 49.2 Å². The van der Waals surface area contributed by atoms with Crippen molar-refractivity contribution in [1.29, 1.82) is 5.26 Å². The number of hydrogen-bond donors (Lipinski definition) is 1. The Morgan fingerprint density at radius 2 is 1.89 bits per heavy atom. The van der Waals surface area contributed by atoms with Crippen LogP contribution in [0.25, 0.3) is 27.8 Å². The van der Waals surface area contributed by atoms with E-state index in [0.29, 0.717) is 17.6 Å². The highest BCUT2D eigenvalue weighted by atomic mass is 16.1. The number of rotatable bonds is 4. The third kappa shape index (κ3) is 3.89. The summed E-state index contributed by atoms with van der Waals surface area (Å²) in [4.78, 5) is 19.1. The molecule has 0 aliphatic carbocycles. The predicted octanol–water partition coefficient (Wildman–Crippen LogP) is 3.31. The maximum absolute atomic E-state index is 11.9. The molecule has 0 aromatic carbocycles. The average Bonchev–Trinajstić information content (AvgIpc) is 3.59. The molecule has 1 amide bonds. The molecule has 2 atom stereocenters. The summed E-state index contributed by atoms with van der Waals surface area (Å²) in [6.07, 6.45) is 18.2. The van der Waals surface area contributed by atoms with Gasteiger partial charge in [0, 0.05) is 65.5 Å². The number of carbonyl (C=O) groups excluding carboxylic acids is 1. The average molecular weight is 491 g/mol. The molecule has 6 heterocycles. The van der Waals surface area contributed by atoms with Gasteiger partial charge in [-0.05, 0) is 56.7 Å². The van der Waals surface area contributed by atoms with Gasteiger partial charge in [0.1, 0.15) is 11.9 Å². The molecule has 2 fully saturated rings. The number of aromatic nitrogens is 5. The van der Waals surface area contributed by atoms with Crippen LogP contribution in [-0.4, -0.2) is 47.9 Å². The van der Waals surface area contributed by atoms with E-state index < -0.39 is 0 Å². The van der Waals surface area contributed by atoms with Crippen molar-refractivity contribution in [2.75, 3.05) is 4.90 Å². The summed E-state index contributed by atoms with van der Waals surface area (Å²) in [5.41, 5.74) is 4.68. The molecule has 2 aliphatic rings. The molecule has 6 rings (SSSR count). The van der Waals surface area contributed by atoms with Crippen LogP contribution in [0.5, 0.6) is 0 Å². The molecule has 0 radical (unpaired) electrons. The highest BCUT2D eigenvalue weighted by molar-refractivity contribution is 5.93. The minimum Gasteiger partial charge on any atom is -0.350 e. The quantitative estimate of drug-likeness (QED) is 0.440. The molecule has 4 aromatic rings. The first kappa shape index (κ1) is 22.8. The van der Waals surface area contributed by atoms with E-state index in [2.05, 4.69) is 57.5 Å². The summed E-state index contributed by atoms with van der Waals surface area (Å²) >= 11 is 0. The van der Waals surface area contributed by atoms with Gasteiger partial charge in [0.05, 0.1) is 23.5 Å². The number of nitrogens with one attached hydrogen (secondary N) is 1. The molecule has 4 aromatic heterocycles. The van der Waals surface area contributed by atoms with Crippen molar-refractivity contribution in [3.05, 3.63) is 54.7 Å². The molecule has 1 N–H and O–H groups in total. The summed E-state index contributed by atoms with van der Waals surface area (Å²) in [6, 6.07) is 9.03. The second-order valence-corrected chi connectivity index (χ2v) is 10.3. The predicted molar refractivity (Wildman–Crippen MR) is 139 cm³/mol. The molecule has 2 unspecified atom stereocenters. The number of carbonyl (C=O) groups is 1. The number of terminal acetylenes is 1. The van der Waals surface area contributed by atoms with Crippen molar-refractivity contribution < 1.29 is 4.79 Å². The van der Waals surface area contributed by atoms with E-state index in [1.54, 1.807) is 15.4 Å². The van der Waals surface area contributed by atoms with Crippen LogP contribution in [0, 0.1) is 23.7 Å². The molecular weight excluding hydrogens is 464 g/mol. The number of nitriles is 1. The first-order chi connectivity index (χ1) is 17.9. The lowest BCUT2D eigenvalue weighted by molar-refractivity contribution is -0.117. The van der Waals surface area contributed by atoms with Crippen LogP contribution in [0.4, 0.5) is 5.82 Å². The molecule has 2 aliphatic heterocycles. The van der Waals surface area contributed by atoms with Gasteiger partial charge >= 0.3 is 0 Å². The zero-order valence-electron chi connectivity index (χ0n) is 20.7. The number of anilines is 1. The van der Waals surface area contributed by atoms with Gasteiger partial charge in [-0.15, -0.1) is 6.42 Å². The fraction of sp³-hybridized carbons (Fsp3) is 0.321. The number of fused-ring (bicyclic) bond motifs is 3. The SMILES string of the molecule is C#CC(=O)NC1(C)CC2CCC(C1)N2c1ccc(-c2cc(-c3cnn(C)c3)cn3ncc(C#N)c23)cn1. The minimum atomic E-state index is -0.353. The fourth-order valence-electron chi connectivity index (χ4n) is 6.12. The van der Waals surface area contributed by atoms with Crippen molar-refractivity contribution in [3.8, 4) is 40.7 Å². The van der Waals surface area contributed by atoms with Gasteiger partial charge < -0.3 is 10.2 Å². The second-order valence-electron chi connectivity index (χ2n) is 10.3. The van der Waals surface area contributed by atoms with Crippen LogP contribution in [0.2, 0.25) is 0 Å². The van der Waals surface area contributed by atoms with E-state index in [9.17, 15) is 10.1 Å². The van der Waals surface area contributed by atoms with Gasteiger partial charge in [0.15, 0.2) is 0 Å². The van der Waals surface area contributed by atoms with Gasteiger partial charge in [-0.2, -0.15) is 15.5 Å². The largest absolute Gasteiger partial charge is 0.350 e. The maximum atomic E-state index is 11.9. The summed E-state index contributed by atoms with van der Waals surface area (Å²) in [5, 5.41) is 21.5. The Balaban J connectivity index is 1.34. The van der Waals surface area contributed by atoms with Gasteiger partial charge in [-0.25, -0.2) is 9.50 Å². The molecule has 2 bridgehead atoms. The standard InChI is InChI=1S/C28H26N8O/c1-4-26(37)33-28(2)10-22-6-7-23(11-28)36(22)25-8-5-18(13-30-25)24-9-19(21-15-31-34(3)16-21)17-35-27(24)20(12-29)14-32-35/h1,5,8-9,13-17,22-23H,6-7,10-11H2,2-3H3,(H,33,37). The van der Waals surface area contributed by atoms with Gasteiger partial charge in [-0.1, -0.05) is 0 Å². The summed E-state index contributed by atoms with van der Waals surface area (Å²) in [5.74, 6) is 2.75. The van der Waals surface area contributed by atoms with Crippen LogP contribution in [-0.2, 0) is 11.8 Å². The Bertz CT molecular complexity index is 1590. The Labute approximate surface area is 214 Å². The molecule has 0 saturated carbocycles. The lowest BCUT2D eigenvalue weighted by Crippen LogP contribution is -2.57. The number of amides is 1. The van der Waals surface area contributed by atoms with Gasteiger partial charge in [-0.3, -0.25) is 9.48 Å². The van der Waals surface area contributed by atoms with E-state index in [-0.39, 0.29) is 11.4 Å². The third-order valence-electron chi connectivity index (χ3n) is 7.63. The first-order valence-electron chi connectivity index (χ1n) is 12.3. The third-order valence-corrected chi connectivity index (χ3v) is 7.63. The zero-order valence-corrected chi connectivity index (χ0v) is 20.7. The van der Waals surface area contributed by atoms with Gasteiger partial charge in [0.2, 0.25) is 0 Å². The normalized spacial score (nSPS) is 22.5. The van der Waals surface area contributed by atoms with Crippen molar-refractivity contribution >= 4 is 17.2 Å². The van der Waals surface area contributed by atoms with E-state index >= 15 is 0 Å². The highest BCUT2D eigenvalue weighted by Gasteiger charge is 2.47. The van der Waals surface area contributed by atoms with E-state index in [4.69, 9.17) is 11.4 Å². The van der Waals surface area contributed by atoms with E-state index in [0.717, 1.165) is 59.3 Å². The lowest BCUT2D eigenvalue weighted by atomic mass is 9.84. The molecule has 0 spiro atoms. The first-order valence-corrected chi connectivity index (χ1v) is 12.3. The Kier molecular flexibility index (Phi) is 5.24. The van der Waals surface area contributed by atoms with Crippen molar-refractivity contribution in [3.63, 3.8) is 0 Å². The van der Waals surface area contributed by atoms with E-state index in [1.807, 2.05) is 31.8 Å². The molecule has 2 saturated heterocycles. The number of nitrogens with zero attached hydrogens (tertiary/aromatic N) is 7. The monoisotopic (exact) mass is 490 g/mol. The van der Waals surface area contributed by atoms with Crippen LogP contribution >= 0.6 is 0 Å². The summed E-state index contributed by atoms with van der Waals surface area (Å²) in [7, 11) is 1.88. The molecular formula is C28H26N8O. The highest BCUT2D eigenvalue weighted by Crippen LogP contribution is 2.43. The number of aryl methyl sites for hydroxylation is 1. The van der Waals surface area contributed by atoms with Crippen molar-refractivity contribution in [2.24, 2.45) is 7.05 Å². The number of hydrogen-bond acceptors (Lipinski definition) is 6.